The second-order valence-corrected chi connectivity index (χ2v) is 5.35. The number of hydrogen-bond donors (Lipinski definition) is 2. The molecule has 2 aromatic rings. The number of carbonyl (C=O) groups is 1. The maximum atomic E-state index is 11.9. The minimum absolute atomic E-state index is 0.0235. The van der Waals surface area contributed by atoms with Gasteiger partial charge in [-0.25, -0.2) is 0 Å². The third kappa shape index (κ3) is 4.88. The highest BCUT2D eigenvalue weighted by molar-refractivity contribution is 9.10. The molecule has 0 unspecified atom stereocenters. The molecule has 0 fully saturated rings. The Morgan fingerprint density at radius 1 is 1.19 bits per heavy atom. The number of carbonyl (C=O) groups excluding carboxylic acids is 1. The van der Waals surface area contributed by atoms with Crippen molar-refractivity contribution in [1.82, 2.24) is 5.32 Å². The highest BCUT2D eigenvalue weighted by Gasteiger charge is 2.06. The zero-order valence-corrected chi connectivity index (χ0v) is 13.3. The van der Waals surface area contributed by atoms with E-state index >= 15 is 0 Å². The monoisotopic (exact) mass is 348 g/mol. The Balaban J connectivity index is 1.89. The van der Waals surface area contributed by atoms with Crippen molar-refractivity contribution in [2.45, 2.75) is 6.54 Å². The first kappa shape index (κ1) is 15.5. The van der Waals surface area contributed by atoms with Crippen LogP contribution in [0.5, 0.6) is 5.75 Å². The van der Waals surface area contributed by atoms with Crippen molar-refractivity contribution in [2.75, 3.05) is 19.0 Å². The maximum Gasteiger partial charge on any atom is 0.262 e. The number of benzene rings is 2. The number of amides is 1. The van der Waals surface area contributed by atoms with Gasteiger partial charge in [0.2, 0.25) is 0 Å². The summed E-state index contributed by atoms with van der Waals surface area (Å²) in [5, 5.41) is 5.87. The van der Waals surface area contributed by atoms with E-state index in [0.717, 1.165) is 22.3 Å². The minimum Gasteiger partial charge on any atom is -0.484 e. The van der Waals surface area contributed by atoms with E-state index in [4.69, 9.17) is 4.74 Å². The molecule has 5 heteroatoms. The molecule has 1 amide bonds. The van der Waals surface area contributed by atoms with Crippen LogP contribution in [0.15, 0.2) is 53.0 Å². The minimum atomic E-state index is -0.194. The molecule has 21 heavy (non-hydrogen) atoms. The zero-order chi connectivity index (χ0) is 15.1. The third-order valence-corrected chi connectivity index (χ3v) is 3.49. The summed E-state index contributed by atoms with van der Waals surface area (Å²) in [7, 11) is 1.89. The van der Waals surface area contributed by atoms with Crippen molar-refractivity contribution < 1.29 is 9.53 Å². The smallest absolute Gasteiger partial charge is 0.262 e. The Morgan fingerprint density at radius 3 is 2.76 bits per heavy atom. The second-order valence-electron chi connectivity index (χ2n) is 4.49. The van der Waals surface area contributed by atoms with Crippen LogP contribution >= 0.6 is 15.9 Å². The maximum absolute atomic E-state index is 11.9. The van der Waals surface area contributed by atoms with Crippen molar-refractivity contribution >= 4 is 27.5 Å². The van der Waals surface area contributed by atoms with E-state index in [1.807, 2.05) is 55.6 Å². The summed E-state index contributed by atoms with van der Waals surface area (Å²) in [6.45, 7) is 0.741. The molecule has 0 aliphatic heterocycles. The standard InChI is InChI=1S/C16H17BrN2O2/c1-18-10-12-5-4-6-13(9-12)21-11-16(20)19-15-8-3-2-7-14(15)17/h2-9,18H,10-11H2,1H3,(H,19,20). The van der Waals surface area contributed by atoms with Gasteiger partial charge in [-0.05, 0) is 52.8 Å². The van der Waals surface area contributed by atoms with E-state index < -0.39 is 0 Å². The molecule has 0 aliphatic rings. The van der Waals surface area contributed by atoms with E-state index in [2.05, 4.69) is 26.6 Å². The van der Waals surface area contributed by atoms with Crippen LogP contribution < -0.4 is 15.4 Å². The van der Waals surface area contributed by atoms with Gasteiger partial charge in [0.15, 0.2) is 6.61 Å². The Hall–Kier alpha value is -1.85. The van der Waals surface area contributed by atoms with Gasteiger partial charge in [-0.2, -0.15) is 0 Å². The molecule has 0 spiro atoms. The molecule has 0 aromatic heterocycles. The average Bonchev–Trinajstić information content (AvgIpc) is 2.48. The molecule has 0 heterocycles. The predicted molar refractivity (Wildman–Crippen MR) is 87.5 cm³/mol. The molecule has 2 aromatic carbocycles. The number of rotatable bonds is 6. The van der Waals surface area contributed by atoms with Gasteiger partial charge in [0.1, 0.15) is 5.75 Å². The Labute approximate surface area is 132 Å². The van der Waals surface area contributed by atoms with Gasteiger partial charge < -0.3 is 15.4 Å². The molecule has 4 nitrogen and oxygen atoms in total. The van der Waals surface area contributed by atoms with E-state index in [-0.39, 0.29) is 12.5 Å². The summed E-state index contributed by atoms with van der Waals surface area (Å²) in [4.78, 5) is 11.9. The fourth-order valence-corrected chi connectivity index (χ4v) is 2.23. The number of halogens is 1. The summed E-state index contributed by atoms with van der Waals surface area (Å²) in [6, 6.07) is 15.1. The molecule has 0 radical (unpaired) electrons. The van der Waals surface area contributed by atoms with E-state index in [1.165, 1.54) is 0 Å². The fraction of sp³-hybridized carbons (Fsp3) is 0.188. The number of hydrogen-bond acceptors (Lipinski definition) is 3. The van der Waals surface area contributed by atoms with Crippen LogP contribution in [-0.2, 0) is 11.3 Å². The first-order valence-electron chi connectivity index (χ1n) is 6.60. The van der Waals surface area contributed by atoms with Gasteiger partial charge >= 0.3 is 0 Å². The molecule has 0 atom stereocenters. The molecular formula is C16H17BrN2O2. The summed E-state index contributed by atoms with van der Waals surface area (Å²) in [5.74, 6) is 0.492. The Bertz CT molecular complexity index is 617. The molecule has 0 aliphatic carbocycles. The van der Waals surface area contributed by atoms with Crippen LogP contribution in [0.4, 0.5) is 5.69 Å². The summed E-state index contributed by atoms with van der Waals surface area (Å²) in [6.07, 6.45) is 0. The van der Waals surface area contributed by atoms with Crippen LogP contribution in [0.3, 0.4) is 0 Å². The van der Waals surface area contributed by atoms with Gasteiger partial charge in [-0.3, -0.25) is 4.79 Å². The van der Waals surface area contributed by atoms with Crippen molar-refractivity contribution in [3.63, 3.8) is 0 Å². The first-order chi connectivity index (χ1) is 10.2. The lowest BCUT2D eigenvalue weighted by atomic mass is 10.2. The quantitative estimate of drug-likeness (QED) is 0.842. The highest BCUT2D eigenvalue weighted by Crippen LogP contribution is 2.21. The third-order valence-electron chi connectivity index (χ3n) is 2.80. The highest BCUT2D eigenvalue weighted by atomic mass is 79.9. The molecule has 0 bridgehead atoms. The first-order valence-corrected chi connectivity index (χ1v) is 7.39. The van der Waals surface area contributed by atoms with Crippen LogP contribution in [0.2, 0.25) is 0 Å². The molecule has 2 rings (SSSR count). The summed E-state index contributed by atoms with van der Waals surface area (Å²) < 4.78 is 6.35. The Kier molecular flexibility index (Phi) is 5.78. The van der Waals surface area contributed by atoms with Crippen LogP contribution in [-0.4, -0.2) is 19.6 Å². The lowest BCUT2D eigenvalue weighted by molar-refractivity contribution is -0.118. The van der Waals surface area contributed by atoms with Gasteiger partial charge in [0, 0.05) is 11.0 Å². The number of ether oxygens (including phenoxy) is 1. The lowest BCUT2D eigenvalue weighted by Gasteiger charge is -2.09. The fourth-order valence-electron chi connectivity index (χ4n) is 1.85. The van der Waals surface area contributed by atoms with Crippen LogP contribution in [0, 0.1) is 0 Å². The topological polar surface area (TPSA) is 50.4 Å². The van der Waals surface area contributed by atoms with Gasteiger partial charge in [-0.1, -0.05) is 24.3 Å². The molecular weight excluding hydrogens is 332 g/mol. The van der Waals surface area contributed by atoms with Crippen molar-refractivity contribution in [3.8, 4) is 5.75 Å². The van der Waals surface area contributed by atoms with Gasteiger partial charge in [-0.15, -0.1) is 0 Å². The average molecular weight is 349 g/mol. The molecule has 2 N–H and O–H groups in total. The normalized spacial score (nSPS) is 10.2. The van der Waals surface area contributed by atoms with Gasteiger partial charge in [0.05, 0.1) is 5.69 Å². The van der Waals surface area contributed by atoms with Crippen molar-refractivity contribution in [2.24, 2.45) is 0 Å². The second kappa shape index (κ2) is 7.81. The lowest BCUT2D eigenvalue weighted by Crippen LogP contribution is -2.20. The van der Waals surface area contributed by atoms with E-state index in [9.17, 15) is 4.79 Å². The largest absolute Gasteiger partial charge is 0.484 e. The molecule has 110 valence electrons. The Morgan fingerprint density at radius 2 is 2.00 bits per heavy atom. The molecule has 0 saturated carbocycles. The number of nitrogens with one attached hydrogen (secondary N) is 2. The number of anilines is 1. The van der Waals surface area contributed by atoms with Crippen molar-refractivity contribution in [1.29, 1.82) is 0 Å². The summed E-state index contributed by atoms with van der Waals surface area (Å²) in [5.41, 5.74) is 1.84. The van der Waals surface area contributed by atoms with E-state index in [1.54, 1.807) is 0 Å². The van der Waals surface area contributed by atoms with Crippen molar-refractivity contribution in [3.05, 3.63) is 58.6 Å². The van der Waals surface area contributed by atoms with Gasteiger partial charge in [0.25, 0.3) is 5.91 Å². The zero-order valence-electron chi connectivity index (χ0n) is 11.7. The SMILES string of the molecule is CNCc1cccc(OCC(=O)Nc2ccccc2Br)c1. The summed E-state index contributed by atoms with van der Waals surface area (Å²) >= 11 is 3.39. The van der Waals surface area contributed by atoms with Crippen LogP contribution in [0.1, 0.15) is 5.56 Å². The van der Waals surface area contributed by atoms with E-state index in [0.29, 0.717) is 5.75 Å². The molecule has 0 saturated heterocycles. The predicted octanol–water partition coefficient (Wildman–Crippen LogP) is 3.19. The number of para-hydroxylation sites is 1. The van der Waals surface area contributed by atoms with Crippen LogP contribution in [0.25, 0.3) is 0 Å².